The van der Waals surface area contributed by atoms with Crippen LogP contribution in [0.5, 0.6) is 0 Å². The van der Waals surface area contributed by atoms with Crippen molar-refractivity contribution in [2.75, 3.05) is 32.7 Å². The van der Waals surface area contributed by atoms with Crippen LogP contribution in [0.4, 0.5) is 4.79 Å². The normalized spacial score (nSPS) is 27.8. The molecule has 1 saturated heterocycles. The zero-order valence-electron chi connectivity index (χ0n) is 17.4. The van der Waals surface area contributed by atoms with E-state index in [0.29, 0.717) is 0 Å². The van der Waals surface area contributed by atoms with Gasteiger partial charge in [-0.3, -0.25) is 14.6 Å². The van der Waals surface area contributed by atoms with Gasteiger partial charge >= 0.3 is 12.0 Å². The van der Waals surface area contributed by atoms with Crippen molar-refractivity contribution in [3.8, 4) is 0 Å². The first-order valence-corrected chi connectivity index (χ1v) is 11.3. The molecular formula is C21H38N4O3. The number of likely N-dealkylation sites (tertiary alicyclic amines) is 1. The van der Waals surface area contributed by atoms with Gasteiger partial charge < -0.3 is 15.7 Å². The summed E-state index contributed by atoms with van der Waals surface area (Å²) in [6, 6.07) is 0.362. The summed E-state index contributed by atoms with van der Waals surface area (Å²) in [7, 11) is 0. The predicted octanol–water partition coefficient (Wildman–Crippen LogP) is 2.41. The summed E-state index contributed by atoms with van der Waals surface area (Å²) in [5.74, 6) is -0.786. The lowest BCUT2D eigenvalue weighted by atomic mass is 9.79. The van der Waals surface area contributed by atoms with E-state index in [9.17, 15) is 9.59 Å². The summed E-state index contributed by atoms with van der Waals surface area (Å²) >= 11 is 0. The topological polar surface area (TPSA) is 84.9 Å². The Morgan fingerprint density at radius 2 is 1.71 bits per heavy atom. The summed E-state index contributed by atoms with van der Waals surface area (Å²) in [6.45, 7) is 5.89. The van der Waals surface area contributed by atoms with E-state index in [1.165, 1.54) is 64.5 Å². The molecule has 3 rings (SSSR count). The molecule has 2 aliphatic carbocycles. The van der Waals surface area contributed by atoms with Crippen LogP contribution in [0.2, 0.25) is 0 Å². The van der Waals surface area contributed by atoms with Gasteiger partial charge in [0.15, 0.2) is 0 Å². The van der Waals surface area contributed by atoms with Gasteiger partial charge in [-0.15, -0.1) is 0 Å². The van der Waals surface area contributed by atoms with Gasteiger partial charge in [-0.25, -0.2) is 4.79 Å². The van der Waals surface area contributed by atoms with Crippen LogP contribution in [0.3, 0.4) is 0 Å². The zero-order chi connectivity index (χ0) is 20.0. The highest BCUT2D eigenvalue weighted by atomic mass is 16.4. The number of amides is 2. The lowest BCUT2D eigenvalue weighted by Crippen LogP contribution is -2.61. The lowest BCUT2D eigenvalue weighted by molar-refractivity contribution is -0.139. The first kappa shape index (κ1) is 21.4. The SMILES string of the molecule is CCN(CC(=O)O)C1CC(NC(=O)NCC2(N3CCCCC3)CCCCC2)C1. The molecule has 0 bridgehead atoms. The summed E-state index contributed by atoms with van der Waals surface area (Å²) in [4.78, 5) is 28.1. The van der Waals surface area contributed by atoms with Crippen molar-refractivity contribution in [2.24, 2.45) is 0 Å². The van der Waals surface area contributed by atoms with Crippen molar-refractivity contribution in [3.05, 3.63) is 0 Å². The number of carboxylic acid groups (broad SMARTS) is 1. The number of carbonyl (C=O) groups excluding carboxylic acids is 1. The van der Waals surface area contributed by atoms with E-state index in [1.54, 1.807) is 0 Å². The van der Waals surface area contributed by atoms with Crippen LogP contribution in [-0.2, 0) is 4.79 Å². The molecule has 0 aromatic heterocycles. The van der Waals surface area contributed by atoms with Gasteiger partial charge in [0.2, 0.25) is 0 Å². The third-order valence-electron chi connectivity index (χ3n) is 7.10. The molecule has 0 radical (unpaired) electrons. The molecule has 0 unspecified atom stereocenters. The van der Waals surface area contributed by atoms with Crippen LogP contribution in [0.25, 0.3) is 0 Å². The first-order chi connectivity index (χ1) is 13.5. The molecule has 3 fully saturated rings. The Labute approximate surface area is 169 Å². The Hall–Kier alpha value is -1.34. The molecule has 160 valence electrons. The number of urea groups is 1. The van der Waals surface area contributed by atoms with Gasteiger partial charge in [0, 0.05) is 24.2 Å². The average Bonchev–Trinajstić information content (AvgIpc) is 2.68. The van der Waals surface area contributed by atoms with Crippen molar-refractivity contribution in [3.63, 3.8) is 0 Å². The maximum atomic E-state index is 12.5. The second kappa shape index (κ2) is 9.92. The maximum Gasteiger partial charge on any atom is 0.317 e. The van der Waals surface area contributed by atoms with Crippen molar-refractivity contribution in [2.45, 2.75) is 88.8 Å². The van der Waals surface area contributed by atoms with Gasteiger partial charge in [-0.2, -0.15) is 0 Å². The number of hydrogen-bond acceptors (Lipinski definition) is 4. The molecule has 2 saturated carbocycles. The first-order valence-electron chi connectivity index (χ1n) is 11.3. The molecule has 2 amide bonds. The minimum Gasteiger partial charge on any atom is -0.480 e. The summed E-state index contributed by atoms with van der Waals surface area (Å²) in [5.41, 5.74) is 0.151. The van der Waals surface area contributed by atoms with Crippen LogP contribution in [-0.4, -0.2) is 77.3 Å². The molecule has 0 aromatic carbocycles. The molecule has 0 spiro atoms. The summed E-state index contributed by atoms with van der Waals surface area (Å²) in [6.07, 6.45) is 11.8. The van der Waals surface area contributed by atoms with E-state index in [2.05, 4.69) is 15.5 Å². The number of nitrogens with zero attached hydrogens (tertiary/aromatic N) is 2. The van der Waals surface area contributed by atoms with Crippen molar-refractivity contribution in [1.29, 1.82) is 0 Å². The maximum absolute atomic E-state index is 12.5. The molecule has 1 heterocycles. The number of carbonyl (C=O) groups is 2. The molecule has 1 aliphatic heterocycles. The van der Waals surface area contributed by atoms with Crippen molar-refractivity contribution in [1.82, 2.24) is 20.4 Å². The summed E-state index contributed by atoms with van der Waals surface area (Å²) in [5, 5.41) is 15.3. The Morgan fingerprint density at radius 1 is 1.07 bits per heavy atom. The third-order valence-corrected chi connectivity index (χ3v) is 7.10. The smallest absolute Gasteiger partial charge is 0.317 e. The van der Waals surface area contributed by atoms with Crippen LogP contribution >= 0.6 is 0 Å². The molecule has 0 aromatic rings. The zero-order valence-corrected chi connectivity index (χ0v) is 17.4. The molecule has 7 nitrogen and oxygen atoms in total. The van der Waals surface area contributed by atoms with E-state index in [4.69, 9.17) is 5.11 Å². The van der Waals surface area contributed by atoms with E-state index in [-0.39, 0.29) is 30.2 Å². The molecule has 3 aliphatic rings. The number of hydrogen-bond donors (Lipinski definition) is 3. The van der Waals surface area contributed by atoms with E-state index < -0.39 is 5.97 Å². The predicted molar refractivity (Wildman–Crippen MR) is 109 cm³/mol. The Bertz CT molecular complexity index is 524. The van der Waals surface area contributed by atoms with Gasteiger partial charge in [-0.1, -0.05) is 32.6 Å². The number of rotatable bonds is 8. The van der Waals surface area contributed by atoms with E-state index >= 15 is 0 Å². The second-order valence-electron chi connectivity index (χ2n) is 8.94. The van der Waals surface area contributed by atoms with Crippen LogP contribution in [0.15, 0.2) is 0 Å². The monoisotopic (exact) mass is 394 g/mol. The molecule has 28 heavy (non-hydrogen) atoms. The number of likely N-dealkylation sites (N-methyl/N-ethyl adjacent to an activating group) is 1. The van der Waals surface area contributed by atoms with Crippen LogP contribution < -0.4 is 10.6 Å². The highest BCUT2D eigenvalue weighted by Gasteiger charge is 2.39. The van der Waals surface area contributed by atoms with Crippen molar-refractivity contribution >= 4 is 12.0 Å². The van der Waals surface area contributed by atoms with Crippen LogP contribution in [0.1, 0.15) is 71.1 Å². The van der Waals surface area contributed by atoms with E-state index in [0.717, 1.165) is 25.9 Å². The number of carboxylic acids is 1. The largest absolute Gasteiger partial charge is 0.480 e. The fraction of sp³-hybridized carbons (Fsp3) is 0.905. The number of nitrogens with one attached hydrogen (secondary N) is 2. The molecular weight excluding hydrogens is 356 g/mol. The molecule has 3 N–H and O–H groups in total. The minimum atomic E-state index is -0.786. The lowest BCUT2D eigenvalue weighted by Gasteiger charge is -2.48. The Kier molecular flexibility index (Phi) is 7.57. The second-order valence-corrected chi connectivity index (χ2v) is 8.94. The van der Waals surface area contributed by atoms with Gasteiger partial charge in [-0.05, 0) is 58.2 Å². The van der Waals surface area contributed by atoms with Gasteiger partial charge in [0.1, 0.15) is 0 Å². The van der Waals surface area contributed by atoms with Gasteiger partial charge in [0.05, 0.1) is 6.54 Å². The van der Waals surface area contributed by atoms with Crippen molar-refractivity contribution < 1.29 is 14.7 Å². The number of piperidine rings is 1. The number of aliphatic carboxylic acids is 1. The van der Waals surface area contributed by atoms with Gasteiger partial charge in [0.25, 0.3) is 0 Å². The fourth-order valence-electron chi connectivity index (χ4n) is 5.34. The standard InChI is InChI=1S/C21H38N4O3/c1-2-24(15-19(26)27)18-13-17(14-18)23-20(28)22-16-21(9-5-3-6-10-21)25-11-7-4-8-12-25/h17-18H,2-16H2,1H3,(H,26,27)(H2,22,23,28). The quantitative estimate of drug-likeness (QED) is 0.589. The average molecular weight is 395 g/mol. The summed E-state index contributed by atoms with van der Waals surface area (Å²) < 4.78 is 0. The molecule has 7 heteroatoms. The highest BCUT2D eigenvalue weighted by Crippen LogP contribution is 2.35. The van der Waals surface area contributed by atoms with Crippen LogP contribution in [0, 0.1) is 0 Å². The highest BCUT2D eigenvalue weighted by molar-refractivity contribution is 5.74. The third kappa shape index (κ3) is 5.38. The Morgan fingerprint density at radius 3 is 2.32 bits per heavy atom. The fourth-order valence-corrected chi connectivity index (χ4v) is 5.34. The Balaban J connectivity index is 1.43. The van der Waals surface area contributed by atoms with E-state index in [1.807, 2.05) is 11.8 Å². The minimum absolute atomic E-state index is 0.0632. The molecule has 0 atom stereocenters.